The van der Waals surface area contributed by atoms with Gasteiger partial charge in [0, 0.05) is 20.2 Å². The summed E-state index contributed by atoms with van der Waals surface area (Å²) in [4.78, 5) is 10.6. The Balaban J connectivity index is 2.78. The lowest BCUT2D eigenvalue weighted by atomic mass is 10.2. The third-order valence-corrected chi connectivity index (χ3v) is 2.31. The van der Waals surface area contributed by atoms with Gasteiger partial charge in [-0.3, -0.25) is 4.98 Å². The van der Waals surface area contributed by atoms with Gasteiger partial charge in [0.25, 0.3) is 0 Å². The Morgan fingerprint density at radius 3 is 2.76 bits per heavy atom. The maximum absolute atomic E-state index is 9.06. The Morgan fingerprint density at radius 1 is 1.41 bits per heavy atom. The van der Waals surface area contributed by atoms with Gasteiger partial charge in [0.05, 0.1) is 31.3 Å². The van der Waals surface area contributed by atoms with Crippen molar-refractivity contribution < 1.29 is 9.84 Å². The molecule has 5 heteroatoms. The van der Waals surface area contributed by atoms with E-state index in [9.17, 15) is 0 Å². The molecule has 0 aliphatic heterocycles. The average Bonchev–Trinajstić information content (AvgIpc) is 2.34. The predicted molar refractivity (Wildman–Crippen MR) is 66.9 cm³/mol. The Morgan fingerprint density at radius 2 is 2.18 bits per heavy atom. The highest BCUT2D eigenvalue weighted by molar-refractivity contribution is 5.36. The number of methoxy groups -OCH3 is 1. The zero-order chi connectivity index (χ0) is 12.7. The molecule has 1 N–H and O–H groups in total. The lowest BCUT2D eigenvalue weighted by Gasteiger charge is -2.25. The van der Waals surface area contributed by atoms with Crippen LogP contribution in [-0.4, -0.2) is 41.9 Å². The van der Waals surface area contributed by atoms with E-state index in [1.54, 1.807) is 19.5 Å². The fourth-order valence-electron chi connectivity index (χ4n) is 1.57. The standard InChI is InChI=1S/C12H21N3O2/c1-10(2)8-15(4-5-17-3)12-7-13-6-11(9-16)14-12/h6-7,10,16H,4-5,8-9H2,1-3H3. The molecule has 0 unspecified atom stereocenters. The molecule has 1 aromatic rings. The fourth-order valence-corrected chi connectivity index (χ4v) is 1.57. The fraction of sp³-hybridized carbons (Fsp3) is 0.667. The number of aliphatic hydroxyl groups excluding tert-OH is 1. The molecule has 0 spiro atoms. The number of aliphatic hydroxyl groups is 1. The van der Waals surface area contributed by atoms with E-state index in [0.717, 1.165) is 18.9 Å². The molecule has 0 atom stereocenters. The Bertz CT molecular complexity index is 331. The first-order valence-electron chi connectivity index (χ1n) is 5.83. The van der Waals surface area contributed by atoms with Crippen LogP contribution in [0.3, 0.4) is 0 Å². The molecule has 0 amide bonds. The van der Waals surface area contributed by atoms with Crippen LogP contribution in [0.5, 0.6) is 0 Å². The van der Waals surface area contributed by atoms with Gasteiger partial charge in [-0.15, -0.1) is 0 Å². The molecule has 0 saturated heterocycles. The minimum atomic E-state index is -0.0827. The molecule has 1 heterocycles. The van der Waals surface area contributed by atoms with Crippen LogP contribution in [0, 0.1) is 5.92 Å². The van der Waals surface area contributed by atoms with E-state index >= 15 is 0 Å². The third-order valence-electron chi connectivity index (χ3n) is 2.31. The van der Waals surface area contributed by atoms with Crippen LogP contribution >= 0.6 is 0 Å². The first-order chi connectivity index (χ1) is 8.17. The van der Waals surface area contributed by atoms with Crippen LogP contribution in [0.4, 0.5) is 5.82 Å². The molecule has 96 valence electrons. The molecule has 0 bridgehead atoms. The molecule has 0 aliphatic carbocycles. The number of hydrogen-bond donors (Lipinski definition) is 1. The molecular weight excluding hydrogens is 218 g/mol. The van der Waals surface area contributed by atoms with Crippen LogP contribution in [0.1, 0.15) is 19.5 Å². The molecule has 17 heavy (non-hydrogen) atoms. The summed E-state index contributed by atoms with van der Waals surface area (Å²) >= 11 is 0. The van der Waals surface area contributed by atoms with Crippen molar-refractivity contribution in [3.8, 4) is 0 Å². The van der Waals surface area contributed by atoms with Crippen LogP contribution in [0.2, 0.25) is 0 Å². The summed E-state index contributed by atoms with van der Waals surface area (Å²) in [6.07, 6.45) is 3.30. The van der Waals surface area contributed by atoms with Gasteiger partial charge in [0.1, 0.15) is 5.82 Å². The van der Waals surface area contributed by atoms with Gasteiger partial charge in [-0.1, -0.05) is 13.8 Å². The minimum Gasteiger partial charge on any atom is -0.390 e. The molecule has 1 rings (SSSR count). The topological polar surface area (TPSA) is 58.5 Å². The van der Waals surface area contributed by atoms with E-state index in [1.165, 1.54) is 0 Å². The van der Waals surface area contributed by atoms with Crippen LogP contribution in [-0.2, 0) is 11.3 Å². The van der Waals surface area contributed by atoms with Crippen molar-refractivity contribution in [2.75, 3.05) is 31.7 Å². The molecule has 1 aromatic heterocycles. The summed E-state index contributed by atoms with van der Waals surface area (Å²) in [5.74, 6) is 1.33. The summed E-state index contributed by atoms with van der Waals surface area (Å²) < 4.78 is 5.09. The van der Waals surface area contributed by atoms with Crippen LogP contribution in [0.25, 0.3) is 0 Å². The quantitative estimate of drug-likeness (QED) is 0.771. The number of ether oxygens (including phenoxy) is 1. The number of anilines is 1. The van der Waals surface area contributed by atoms with Crippen molar-refractivity contribution in [2.45, 2.75) is 20.5 Å². The van der Waals surface area contributed by atoms with E-state index in [4.69, 9.17) is 9.84 Å². The predicted octanol–water partition coefficient (Wildman–Crippen LogP) is 1.08. The van der Waals surface area contributed by atoms with Crippen LogP contribution < -0.4 is 4.90 Å². The smallest absolute Gasteiger partial charge is 0.147 e. The monoisotopic (exact) mass is 239 g/mol. The van der Waals surface area contributed by atoms with E-state index in [-0.39, 0.29) is 6.61 Å². The number of aromatic nitrogens is 2. The SMILES string of the molecule is COCCN(CC(C)C)c1cncc(CO)n1. The van der Waals surface area contributed by atoms with Crippen molar-refractivity contribution in [1.82, 2.24) is 9.97 Å². The van der Waals surface area contributed by atoms with Crippen molar-refractivity contribution in [2.24, 2.45) is 5.92 Å². The van der Waals surface area contributed by atoms with Crippen molar-refractivity contribution in [3.63, 3.8) is 0 Å². The minimum absolute atomic E-state index is 0.0827. The summed E-state index contributed by atoms with van der Waals surface area (Å²) in [5, 5.41) is 9.06. The van der Waals surface area contributed by atoms with Gasteiger partial charge in [0.2, 0.25) is 0 Å². The zero-order valence-corrected chi connectivity index (χ0v) is 10.8. The molecule has 0 aliphatic rings. The molecule has 5 nitrogen and oxygen atoms in total. The maximum Gasteiger partial charge on any atom is 0.147 e. The molecule has 0 aromatic carbocycles. The molecule has 0 fully saturated rings. The number of nitrogens with zero attached hydrogens (tertiary/aromatic N) is 3. The van der Waals surface area contributed by atoms with E-state index < -0.39 is 0 Å². The molecular formula is C12H21N3O2. The van der Waals surface area contributed by atoms with Gasteiger partial charge >= 0.3 is 0 Å². The lowest BCUT2D eigenvalue weighted by Crippen LogP contribution is -2.32. The Labute approximate surface area is 102 Å². The Hall–Kier alpha value is -1.20. The highest BCUT2D eigenvalue weighted by Crippen LogP contribution is 2.12. The van der Waals surface area contributed by atoms with Crippen molar-refractivity contribution >= 4 is 5.82 Å². The molecule has 0 radical (unpaired) electrons. The largest absolute Gasteiger partial charge is 0.390 e. The van der Waals surface area contributed by atoms with Gasteiger partial charge in [-0.2, -0.15) is 0 Å². The summed E-state index contributed by atoms with van der Waals surface area (Å²) in [7, 11) is 1.68. The second-order valence-electron chi connectivity index (χ2n) is 4.36. The highest BCUT2D eigenvalue weighted by atomic mass is 16.5. The maximum atomic E-state index is 9.06. The average molecular weight is 239 g/mol. The first-order valence-corrected chi connectivity index (χ1v) is 5.83. The van der Waals surface area contributed by atoms with E-state index in [1.807, 2.05) is 0 Å². The van der Waals surface area contributed by atoms with E-state index in [0.29, 0.717) is 18.2 Å². The van der Waals surface area contributed by atoms with Gasteiger partial charge in [-0.25, -0.2) is 4.98 Å². The van der Waals surface area contributed by atoms with Crippen molar-refractivity contribution in [1.29, 1.82) is 0 Å². The highest BCUT2D eigenvalue weighted by Gasteiger charge is 2.10. The second kappa shape index (κ2) is 7.19. The first kappa shape index (κ1) is 13.9. The van der Waals surface area contributed by atoms with Gasteiger partial charge in [0.15, 0.2) is 0 Å². The summed E-state index contributed by atoms with van der Waals surface area (Å²) in [5.41, 5.74) is 0.591. The van der Waals surface area contributed by atoms with Crippen LogP contribution in [0.15, 0.2) is 12.4 Å². The third kappa shape index (κ3) is 4.66. The lowest BCUT2D eigenvalue weighted by molar-refractivity contribution is 0.204. The number of hydrogen-bond acceptors (Lipinski definition) is 5. The second-order valence-corrected chi connectivity index (χ2v) is 4.36. The summed E-state index contributed by atoms with van der Waals surface area (Å²) in [6.45, 7) is 6.55. The summed E-state index contributed by atoms with van der Waals surface area (Å²) in [6, 6.07) is 0. The van der Waals surface area contributed by atoms with Crippen molar-refractivity contribution in [3.05, 3.63) is 18.1 Å². The van der Waals surface area contributed by atoms with E-state index in [2.05, 4.69) is 28.7 Å². The number of rotatable bonds is 7. The van der Waals surface area contributed by atoms with Gasteiger partial charge in [-0.05, 0) is 5.92 Å². The Kier molecular flexibility index (Phi) is 5.86. The molecule has 0 saturated carbocycles. The van der Waals surface area contributed by atoms with Gasteiger partial charge < -0.3 is 14.7 Å². The normalized spacial score (nSPS) is 10.9. The zero-order valence-electron chi connectivity index (χ0n) is 10.8.